The van der Waals surface area contributed by atoms with Gasteiger partial charge in [0.2, 0.25) is 0 Å². The molecule has 0 heterocycles. The third-order valence-corrected chi connectivity index (χ3v) is 4.01. The van der Waals surface area contributed by atoms with E-state index >= 15 is 0 Å². The zero-order valence-corrected chi connectivity index (χ0v) is 9.21. The minimum absolute atomic E-state index is 0.0386. The number of rotatable bonds is 3. The highest BCUT2D eigenvalue weighted by molar-refractivity contribution is 4.85. The van der Waals surface area contributed by atoms with Gasteiger partial charge in [-0.05, 0) is 44.9 Å². The molecule has 1 unspecified atom stereocenters. The van der Waals surface area contributed by atoms with Gasteiger partial charge in [0.25, 0.3) is 0 Å². The van der Waals surface area contributed by atoms with Crippen molar-refractivity contribution < 1.29 is 5.11 Å². The van der Waals surface area contributed by atoms with Crippen LogP contribution in [0.4, 0.5) is 0 Å². The smallest absolute Gasteiger partial charge is 0.0555 e. The standard InChI is InChI=1S/C12H23NO/c1-9(10-4-2-3-5-10)13-11-6-7-12(14)8-11/h9-14H,2-8H2,1H3/t9?,11-,12+/m0/s1. The lowest BCUT2D eigenvalue weighted by Crippen LogP contribution is -2.39. The van der Waals surface area contributed by atoms with Crippen LogP contribution in [0.25, 0.3) is 0 Å². The lowest BCUT2D eigenvalue weighted by molar-refractivity contribution is 0.178. The Morgan fingerprint density at radius 1 is 1.14 bits per heavy atom. The van der Waals surface area contributed by atoms with E-state index in [1.54, 1.807) is 0 Å². The summed E-state index contributed by atoms with van der Waals surface area (Å²) in [4.78, 5) is 0. The van der Waals surface area contributed by atoms with Crippen molar-refractivity contribution in [2.75, 3.05) is 0 Å². The molecule has 0 saturated heterocycles. The van der Waals surface area contributed by atoms with E-state index in [0.717, 1.165) is 25.2 Å². The summed E-state index contributed by atoms with van der Waals surface area (Å²) in [6, 6.07) is 1.24. The van der Waals surface area contributed by atoms with Crippen LogP contribution in [-0.4, -0.2) is 23.3 Å². The molecule has 2 aliphatic carbocycles. The molecule has 0 aromatic rings. The van der Waals surface area contributed by atoms with E-state index in [2.05, 4.69) is 12.2 Å². The van der Waals surface area contributed by atoms with Crippen molar-refractivity contribution in [2.45, 2.75) is 70.1 Å². The quantitative estimate of drug-likeness (QED) is 0.726. The van der Waals surface area contributed by atoms with Crippen molar-refractivity contribution >= 4 is 0 Å². The molecule has 0 radical (unpaired) electrons. The summed E-state index contributed by atoms with van der Waals surface area (Å²) >= 11 is 0. The average molecular weight is 197 g/mol. The lowest BCUT2D eigenvalue weighted by Gasteiger charge is -2.24. The Morgan fingerprint density at radius 3 is 2.43 bits per heavy atom. The normalized spacial score (nSPS) is 36.4. The minimum atomic E-state index is -0.0386. The predicted octanol–water partition coefficient (Wildman–Crippen LogP) is 2.07. The van der Waals surface area contributed by atoms with E-state index in [-0.39, 0.29) is 6.10 Å². The molecular formula is C12H23NO. The average Bonchev–Trinajstić information content (AvgIpc) is 2.75. The van der Waals surface area contributed by atoms with Gasteiger partial charge in [0.1, 0.15) is 0 Å². The first-order chi connectivity index (χ1) is 6.75. The maximum absolute atomic E-state index is 9.44. The summed E-state index contributed by atoms with van der Waals surface area (Å²) in [5, 5.41) is 13.1. The fraction of sp³-hybridized carbons (Fsp3) is 1.00. The van der Waals surface area contributed by atoms with Crippen LogP contribution >= 0.6 is 0 Å². The Hall–Kier alpha value is -0.0800. The largest absolute Gasteiger partial charge is 0.393 e. The highest BCUT2D eigenvalue weighted by Crippen LogP contribution is 2.29. The molecule has 0 aliphatic heterocycles. The van der Waals surface area contributed by atoms with Crippen LogP contribution in [0.2, 0.25) is 0 Å². The molecular weight excluding hydrogens is 174 g/mol. The van der Waals surface area contributed by atoms with E-state index < -0.39 is 0 Å². The molecule has 2 aliphatic rings. The summed E-state index contributed by atoms with van der Waals surface area (Å²) in [6.07, 6.45) is 8.74. The molecule has 2 N–H and O–H groups in total. The second kappa shape index (κ2) is 4.63. The van der Waals surface area contributed by atoms with Gasteiger partial charge in [-0.25, -0.2) is 0 Å². The first-order valence-corrected chi connectivity index (χ1v) is 6.20. The van der Waals surface area contributed by atoms with Crippen molar-refractivity contribution in [2.24, 2.45) is 5.92 Å². The van der Waals surface area contributed by atoms with Gasteiger partial charge in [-0.3, -0.25) is 0 Å². The Kier molecular flexibility index (Phi) is 3.45. The summed E-state index contributed by atoms with van der Waals surface area (Å²) in [6.45, 7) is 2.32. The van der Waals surface area contributed by atoms with Gasteiger partial charge in [-0.1, -0.05) is 12.8 Å². The second-order valence-electron chi connectivity index (χ2n) is 5.16. The lowest BCUT2D eigenvalue weighted by atomic mass is 9.99. The number of hydrogen-bond acceptors (Lipinski definition) is 2. The molecule has 0 bridgehead atoms. The molecule has 2 rings (SSSR count). The Balaban J connectivity index is 1.73. The van der Waals surface area contributed by atoms with Gasteiger partial charge < -0.3 is 10.4 Å². The summed E-state index contributed by atoms with van der Waals surface area (Å²) < 4.78 is 0. The first-order valence-electron chi connectivity index (χ1n) is 6.20. The molecule has 82 valence electrons. The third-order valence-electron chi connectivity index (χ3n) is 4.01. The molecule has 3 atom stereocenters. The van der Waals surface area contributed by atoms with Gasteiger partial charge in [-0.15, -0.1) is 0 Å². The van der Waals surface area contributed by atoms with E-state index in [9.17, 15) is 5.11 Å². The molecule has 2 nitrogen and oxygen atoms in total. The molecule has 2 fully saturated rings. The molecule has 14 heavy (non-hydrogen) atoms. The Bertz CT molecular complexity index is 177. The van der Waals surface area contributed by atoms with Crippen molar-refractivity contribution in [3.05, 3.63) is 0 Å². The van der Waals surface area contributed by atoms with Crippen molar-refractivity contribution in [3.63, 3.8) is 0 Å². The Morgan fingerprint density at radius 2 is 1.86 bits per heavy atom. The number of aliphatic hydroxyl groups excluding tert-OH is 1. The highest BCUT2D eigenvalue weighted by Gasteiger charge is 2.27. The van der Waals surface area contributed by atoms with E-state index in [1.807, 2.05) is 0 Å². The van der Waals surface area contributed by atoms with Crippen LogP contribution in [0.3, 0.4) is 0 Å². The summed E-state index contributed by atoms with van der Waals surface area (Å²) in [7, 11) is 0. The molecule has 0 aromatic carbocycles. The van der Waals surface area contributed by atoms with E-state index in [0.29, 0.717) is 12.1 Å². The molecule has 0 amide bonds. The maximum Gasteiger partial charge on any atom is 0.0555 e. The van der Waals surface area contributed by atoms with Crippen LogP contribution in [0.1, 0.15) is 51.9 Å². The number of hydrogen-bond donors (Lipinski definition) is 2. The fourth-order valence-electron chi connectivity index (χ4n) is 3.07. The Labute approximate surface area is 87.1 Å². The topological polar surface area (TPSA) is 32.3 Å². The molecule has 2 heteroatoms. The van der Waals surface area contributed by atoms with E-state index in [4.69, 9.17) is 0 Å². The summed E-state index contributed by atoms with van der Waals surface area (Å²) in [5.41, 5.74) is 0. The van der Waals surface area contributed by atoms with E-state index in [1.165, 1.54) is 25.7 Å². The zero-order chi connectivity index (χ0) is 9.97. The van der Waals surface area contributed by atoms with Crippen molar-refractivity contribution in [1.29, 1.82) is 0 Å². The SMILES string of the molecule is CC(N[C@H]1CC[C@@H](O)C1)C1CCCC1. The van der Waals surface area contributed by atoms with Crippen LogP contribution in [0.15, 0.2) is 0 Å². The second-order valence-corrected chi connectivity index (χ2v) is 5.16. The van der Waals surface area contributed by atoms with Crippen LogP contribution in [-0.2, 0) is 0 Å². The maximum atomic E-state index is 9.44. The zero-order valence-electron chi connectivity index (χ0n) is 9.21. The van der Waals surface area contributed by atoms with Crippen molar-refractivity contribution in [1.82, 2.24) is 5.32 Å². The molecule has 0 aromatic heterocycles. The summed E-state index contributed by atoms with van der Waals surface area (Å²) in [5.74, 6) is 0.896. The van der Waals surface area contributed by atoms with Gasteiger partial charge in [0.05, 0.1) is 6.10 Å². The predicted molar refractivity (Wildman–Crippen MR) is 58.2 cm³/mol. The molecule has 2 saturated carbocycles. The van der Waals surface area contributed by atoms with Crippen LogP contribution < -0.4 is 5.32 Å². The van der Waals surface area contributed by atoms with Crippen molar-refractivity contribution in [3.8, 4) is 0 Å². The van der Waals surface area contributed by atoms with Gasteiger partial charge in [0.15, 0.2) is 0 Å². The highest BCUT2D eigenvalue weighted by atomic mass is 16.3. The third kappa shape index (κ3) is 2.48. The number of nitrogens with one attached hydrogen (secondary N) is 1. The van der Waals surface area contributed by atoms with Gasteiger partial charge in [0, 0.05) is 12.1 Å². The fourth-order valence-corrected chi connectivity index (χ4v) is 3.07. The number of aliphatic hydroxyl groups is 1. The molecule has 0 spiro atoms. The first kappa shape index (κ1) is 10.4. The van der Waals surface area contributed by atoms with Crippen LogP contribution in [0.5, 0.6) is 0 Å². The minimum Gasteiger partial charge on any atom is -0.393 e. The van der Waals surface area contributed by atoms with Crippen LogP contribution in [0, 0.1) is 5.92 Å². The monoisotopic (exact) mass is 197 g/mol. The van der Waals surface area contributed by atoms with Gasteiger partial charge >= 0.3 is 0 Å². The van der Waals surface area contributed by atoms with Gasteiger partial charge in [-0.2, -0.15) is 0 Å².